The molecule has 1 aromatic rings. The molecule has 25 heavy (non-hydrogen) atoms. The number of nitrogens with zero attached hydrogens (tertiary/aromatic N) is 1. The van der Waals surface area contributed by atoms with Crippen LogP contribution in [0.25, 0.3) is 0 Å². The average molecular weight is 345 g/mol. The van der Waals surface area contributed by atoms with Crippen molar-refractivity contribution in [1.82, 2.24) is 4.90 Å². The second-order valence-electron chi connectivity index (χ2n) is 6.31. The minimum atomic E-state index is -0.829. The van der Waals surface area contributed by atoms with E-state index in [1.807, 2.05) is 37.1 Å². The molecule has 0 aromatic heterocycles. The van der Waals surface area contributed by atoms with Crippen molar-refractivity contribution in [2.45, 2.75) is 32.7 Å². The lowest BCUT2D eigenvalue weighted by atomic mass is 10.0. The van der Waals surface area contributed by atoms with Crippen molar-refractivity contribution in [2.24, 2.45) is 0 Å². The number of ether oxygens (including phenoxy) is 2. The molecule has 136 valence electrons. The summed E-state index contributed by atoms with van der Waals surface area (Å²) in [6.45, 7) is 9.13. The molecule has 5 nitrogen and oxygen atoms in total. The summed E-state index contributed by atoms with van der Waals surface area (Å²) in [5.41, 5.74) is 3.26. The Morgan fingerprint density at radius 2 is 2.28 bits per heavy atom. The van der Waals surface area contributed by atoms with Gasteiger partial charge in [-0.2, -0.15) is 0 Å². The number of carboxylic acids is 1. The monoisotopic (exact) mass is 345 g/mol. The van der Waals surface area contributed by atoms with Gasteiger partial charge in [-0.3, -0.25) is 9.69 Å². The number of carboxylic acid groups (broad SMARTS) is 1. The Morgan fingerprint density at radius 1 is 1.52 bits per heavy atom. The lowest BCUT2D eigenvalue weighted by molar-refractivity contribution is -0.138. The molecule has 1 aliphatic rings. The van der Waals surface area contributed by atoms with Crippen LogP contribution in [0.4, 0.5) is 0 Å². The topological polar surface area (TPSA) is 59.0 Å². The molecule has 0 bridgehead atoms. The van der Waals surface area contributed by atoms with Gasteiger partial charge in [0.1, 0.15) is 24.7 Å². The predicted octanol–water partition coefficient (Wildman–Crippen LogP) is 3.30. The summed E-state index contributed by atoms with van der Waals surface area (Å²) in [5, 5.41) is 8.91. The van der Waals surface area contributed by atoms with Crippen LogP contribution in [0.2, 0.25) is 0 Å². The zero-order valence-electron chi connectivity index (χ0n) is 15.2. The number of hydrogen-bond acceptors (Lipinski definition) is 4. The number of likely N-dealkylation sites (N-methyl/N-ethyl adjacent to an activating group) is 1. The van der Waals surface area contributed by atoms with Gasteiger partial charge in [-0.25, -0.2) is 0 Å². The highest BCUT2D eigenvalue weighted by atomic mass is 16.5. The van der Waals surface area contributed by atoms with Crippen molar-refractivity contribution in [3.05, 3.63) is 47.6 Å². The van der Waals surface area contributed by atoms with Gasteiger partial charge in [0.25, 0.3) is 0 Å². The predicted molar refractivity (Wildman–Crippen MR) is 98.4 cm³/mol. The summed E-state index contributed by atoms with van der Waals surface area (Å²) in [7, 11) is 1.81. The number of fused-ring (bicyclic) bond motifs is 1. The van der Waals surface area contributed by atoms with E-state index in [-0.39, 0.29) is 12.6 Å². The summed E-state index contributed by atoms with van der Waals surface area (Å²) >= 11 is 0. The second-order valence-corrected chi connectivity index (χ2v) is 6.31. The molecule has 0 radical (unpaired) electrons. The summed E-state index contributed by atoms with van der Waals surface area (Å²) in [5.74, 6) is 0.735. The molecule has 1 heterocycles. The maximum Gasteiger partial charge on any atom is 0.317 e. The van der Waals surface area contributed by atoms with Crippen molar-refractivity contribution in [3.8, 4) is 11.5 Å². The van der Waals surface area contributed by atoms with E-state index in [2.05, 4.69) is 19.6 Å². The Labute approximate surface area is 149 Å². The normalized spacial score (nSPS) is 17.0. The third-order valence-electron chi connectivity index (χ3n) is 4.53. The molecule has 0 amide bonds. The highest BCUT2D eigenvalue weighted by Gasteiger charge is 2.24. The molecule has 0 fully saturated rings. The van der Waals surface area contributed by atoms with E-state index in [1.54, 1.807) is 0 Å². The van der Waals surface area contributed by atoms with Gasteiger partial charge in [-0.05, 0) is 49.6 Å². The average Bonchev–Trinajstić information content (AvgIpc) is 2.59. The largest absolute Gasteiger partial charge is 0.492 e. The Kier molecular flexibility index (Phi) is 6.65. The van der Waals surface area contributed by atoms with Gasteiger partial charge in [-0.15, -0.1) is 0 Å². The van der Waals surface area contributed by atoms with Crippen LogP contribution < -0.4 is 9.47 Å². The van der Waals surface area contributed by atoms with Crippen LogP contribution in [-0.2, 0) is 11.2 Å². The molecule has 0 saturated heterocycles. The van der Waals surface area contributed by atoms with Crippen LogP contribution in [0.1, 0.15) is 25.8 Å². The van der Waals surface area contributed by atoms with Gasteiger partial charge < -0.3 is 14.6 Å². The van der Waals surface area contributed by atoms with Crippen molar-refractivity contribution in [2.75, 3.05) is 26.8 Å². The van der Waals surface area contributed by atoms with Crippen molar-refractivity contribution >= 4 is 5.97 Å². The molecule has 2 rings (SSSR count). The molecule has 5 heteroatoms. The van der Waals surface area contributed by atoms with Gasteiger partial charge in [-0.1, -0.05) is 25.6 Å². The van der Waals surface area contributed by atoms with E-state index in [0.29, 0.717) is 13.2 Å². The Hall–Kier alpha value is -2.27. The van der Waals surface area contributed by atoms with Crippen molar-refractivity contribution in [1.29, 1.82) is 0 Å². The maximum absolute atomic E-state index is 10.9. The molecule has 1 atom stereocenters. The van der Waals surface area contributed by atoms with Crippen molar-refractivity contribution < 1.29 is 19.4 Å². The van der Waals surface area contributed by atoms with E-state index in [0.717, 1.165) is 35.5 Å². The highest BCUT2D eigenvalue weighted by molar-refractivity contribution is 5.69. The first-order chi connectivity index (χ1) is 11.9. The SMILES string of the molecule is C=C(COc1ccc2c(c1)OCC(N(C)CC(=O)O)C2)/C(=C\C)CC. The Bertz CT molecular complexity index is 666. The number of benzene rings is 1. The van der Waals surface area contributed by atoms with E-state index < -0.39 is 5.97 Å². The summed E-state index contributed by atoms with van der Waals surface area (Å²) in [4.78, 5) is 12.7. The van der Waals surface area contributed by atoms with Crippen LogP contribution in [0.15, 0.2) is 42.0 Å². The molecule has 0 spiro atoms. The standard InChI is InChI=1S/C20H27NO4/c1-5-15(6-2)14(3)12-24-18-8-7-16-9-17(13-25-19(16)10-18)21(4)11-20(22)23/h5,7-8,10,17H,3,6,9,11-13H2,1-2,4H3,(H,22,23)/b15-5-. The quantitative estimate of drug-likeness (QED) is 0.733. The Balaban J connectivity index is 1.97. The fraction of sp³-hybridized carbons (Fsp3) is 0.450. The number of hydrogen-bond donors (Lipinski definition) is 1. The third kappa shape index (κ3) is 5.10. The zero-order valence-corrected chi connectivity index (χ0v) is 15.2. The fourth-order valence-electron chi connectivity index (χ4n) is 2.97. The molecule has 1 aliphatic heterocycles. The minimum absolute atomic E-state index is 0.0113. The first-order valence-electron chi connectivity index (χ1n) is 8.58. The molecule has 0 saturated carbocycles. The molecular weight excluding hydrogens is 318 g/mol. The number of allylic oxidation sites excluding steroid dienone is 1. The van der Waals surface area contributed by atoms with Gasteiger partial charge in [0, 0.05) is 12.1 Å². The van der Waals surface area contributed by atoms with Crippen LogP contribution in [0, 0.1) is 0 Å². The smallest absolute Gasteiger partial charge is 0.317 e. The first-order valence-corrected chi connectivity index (χ1v) is 8.58. The lowest BCUT2D eigenvalue weighted by Gasteiger charge is -2.31. The number of carbonyl (C=O) groups is 1. The molecule has 1 unspecified atom stereocenters. The van der Waals surface area contributed by atoms with Crippen molar-refractivity contribution in [3.63, 3.8) is 0 Å². The van der Waals surface area contributed by atoms with E-state index >= 15 is 0 Å². The van der Waals surface area contributed by atoms with Crippen LogP contribution in [-0.4, -0.2) is 48.8 Å². The summed E-state index contributed by atoms with van der Waals surface area (Å²) in [6, 6.07) is 5.88. The van der Waals surface area contributed by atoms with Crippen LogP contribution >= 0.6 is 0 Å². The zero-order chi connectivity index (χ0) is 18.4. The maximum atomic E-state index is 10.9. The highest BCUT2D eigenvalue weighted by Crippen LogP contribution is 2.30. The van der Waals surface area contributed by atoms with E-state index in [4.69, 9.17) is 14.6 Å². The van der Waals surface area contributed by atoms with Crippen LogP contribution in [0.3, 0.4) is 0 Å². The van der Waals surface area contributed by atoms with Gasteiger partial charge >= 0.3 is 5.97 Å². The number of rotatable bonds is 8. The fourth-order valence-corrected chi connectivity index (χ4v) is 2.97. The summed E-state index contributed by atoms with van der Waals surface area (Å²) in [6.07, 6.45) is 3.78. The molecular formula is C20H27NO4. The first kappa shape index (κ1) is 19.1. The summed E-state index contributed by atoms with van der Waals surface area (Å²) < 4.78 is 11.7. The van der Waals surface area contributed by atoms with Gasteiger partial charge in [0.2, 0.25) is 0 Å². The third-order valence-corrected chi connectivity index (χ3v) is 4.53. The molecule has 1 N–H and O–H groups in total. The van der Waals surface area contributed by atoms with E-state index in [1.165, 1.54) is 5.57 Å². The van der Waals surface area contributed by atoms with Gasteiger partial charge in [0.05, 0.1) is 6.54 Å². The number of aliphatic carboxylic acids is 1. The lowest BCUT2D eigenvalue weighted by Crippen LogP contribution is -2.43. The van der Waals surface area contributed by atoms with Crippen LogP contribution in [0.5, 0.6) is 11.5 Å². The molecule has 1 aromatic carbocycles. The Morgan fingerprint density at radius 3 is 2.92 bits per heavy atom. The van der Waals surface area contributed by atoms with E-state index in [9.17, 15) is 4.79 Å². The molecule has 0 aliphatic carbocycles. The minimum Gasteiger partial charge on any atom is -0.492 e. The second kappa shape index (κ2) is 8.72. The van der Waals surface area contributed by atoms with Gasteiger partial charge in [0.15, 0.2) is 0 Å².